The Kier molecular flexibility index (Phi) is 6.90. The van der Waals surface area contributed by atoms with E-state index in [2.05, 4.69) is 19.6 Å². The number of halogens is 2. The van der Waals surface area contributed by atoms with Gasteiger partial charge in [-0.25, -0.2) is 4.79 Å². The molecule has 0 aliphatic carbocycles. The molecule has 1 aromatic carbocycles. The Hall–Kier alpha value is -1.04. The van der Waals surface area contributed by atoms with Crippen LogP contribution < -0.4 is 5.73 Å². The molecule has 0 aliphatic rings. The highest BCUT2D eigenvalue weighted by Gasteiger charge is 2.19. The number of ether oxygens (including phenoxy) is 1. The lowest BCUT2D eigenvalue weighted by atomic mass is 10.1. The van der Waals surface area contributed by atoms with Crippen LogP contribution >= 0.6 is 23.2 Å². The Morgan fingerprint density at radius 2 is 1.73 bits per heavy atom. The topological polar surface area (TPSA) is 69.4 Å². The molecule has 0 saturated heterocycles. The Bertz CT molecular complexity index is 547. The fourth-order valence-electron chi connectivity index (χ4n) is 1.75. The van der Waals surface area contributed by atoms with Crippen LogP contribution in [0.2, 0.25) is 35.7 Å². The van der Waals surface area contributed by atoms with Crippen molar-refractivity contribution in [1.29, 1.82) is 0 Å². The molecule has 2 N–H and O–H groups in total. The summed E-state index contributed by atoms with van der Waals surface area (Å²) in [6.45, 7) is 6.97. The van der Waals surface area contributed by atoms with Gasteiger partial charge in [-0.15, -0.1) is 0 Å². The molecule has 7 heteroatoms. The number of amides is 1. The predicted octanol–water partition coefficient (Wildman–Crippen LogP) is 3.91. The minimum atomic E-state index is -1.27. The van der Waals surface area contributed by atoms with Crippen LogP contribution in [0.25, 0.3) is 0 Å². The number of hydrogen-bond acceptors (Lipinski definition) is 3. The number of esters is 1. The molecular formula is C15H21Cl2NO3Si. The van der Waals surface area contributed by atoms with Gasteiger partial charge in [0, 0.05) is 14.5 Å². The van der Waals surface area contributed by atoms with E-state index in [1.807, 2.05) is 0 Å². The lowest BCUT2D eigenvalue weighted by Gasteiger charge is -2.16. The van der Waals surface area contributed by atoms with Crippen molar-refractivity contribution in [1.82, 2.24) is 0 Å². The first-order valence-corrected chi connectivity index (χ1v) is 11.5. The molecule has 1 rings (SSSR count). The number of benzene rings is 1. The number of carbonyl (C=O) groups excluding carboxylic acids is 2. The molecule has 0 aromatic heterocycles. The van der Waals surface area contributed by atoms with Gasteiger partial charge >= 0.3 is 5.97 Å². The maximum atomic E-state index is 12.1. The molecule has 1 amide bonds. The summed E-state index contributed by atoms with van der Waals surface area (Å²) >= 11 is 12.2. The van der Waals surface area contributed by atoms with Gasteiger partial charge in [0.05, 0.1) is 22.2 Å². The van der Waals surface area contributed by atoms with E-state index >= 15 is 0 Å². The van der Waals surface area contributed by atoms with Crippen molar-refractivity contribution in [2.75, 3.05) is 6.61 Å². The lowest BCUT2D eigenvalue weighted by Crippen LogP contribution is -2.22. The zero-order valence-electron chi connectivity index (χ0n) is 13.0. The van der Waals surface area contributed by atoms with Gasteiger partial charge in [-0.1, -0.05) is 42.8 Å². The van der Waals surface area contributed by atoms with E-state index in [9.17, 15) is 9.59 Å². The zero-order chi connectivity index (χ0) is 16.9. The van der Waals surface area contributed by atoms with Gasteiger partial charge in [0.25, 0.3) is 0 Å². The van der Waals surface area contributed by atoms with E-state index in [4.69, 9.17) is 33.7 Å². The van der Waals surface area contributed by atoms with Crippen molar-refractivity contribution in [3.63, 3.8) is 0 Å². The Labute approximate surface area is 141 Å². The fraction of sp³-hybridized carbons (Fsp3) is 0.467. The smallest absolute Gasteiger partial charge is 0.341 e. The maximum absolute atomic E-state index is 12.1. The molecular weight excluding hydrogens is 341 g/mol. The summed E-state index contributed by atoms with van der Waals surface area (Å²) in [6, 6.07) is 4.11. The van der Waals surface area contributed by atoms with E-state index in [1.54, 1.807) is 12.1 Å². The third-order valence-corrected chi connectivity index (χ3v) is 5.35. The minimum Gasteiger partial charge on any atom is -0.462 e. The Morgan fingerprint density at radius 3 is 2.18 bits per heavy atom. The summed E-state index contributed by atoms with van der Waals surface area (Å²) in [4.78, 5) is 22.9. The molecule has 0 radical (unpaired) electrons. The van der Waals surface area contributed by atoms with E-state index < -0.39 is 20.0 Å². The van der Waals surface area contributed by atoms with E-state index in [0.717, 1.165) is 11.6 Å². The molecule has 1 aromatic rings. The lowest BCUT2D eigenvalue weighted by molar-refractivity contribution is -0.117. The molecule has 0 saturated carbocycles. The summed E-state index contributed by atoms with van der Waals surface area (Å²) in [7, 11) is -1.27. The largest absolute Gasteiger partial charge is 0.462 e. The van der Waals surface area contributed by atoms with Crippen LogP contribution in [0.1, 0.15) is 22.3 Å². The molecule has 4 nitrogen and oxygen atoms in total. The van der Waals surface area contributed by atoms with E-state index in [-0.39, 0.29) is 22.0 Å². The summed E-state index contributed by atoms with van der Waals surface area (Å²) < 4.78 is 5.26. The molecule has 0 bridgehead atoms. The monoisotopic (exact) mass is 361 g/mol. The highest BCUT2D eigenvalue weighted by atomic mass is 35.5. The van der Waals surface area contributed by atoms with Gasteiger partial charge < -0.3 is 10.5 Å². The van der Waals surface area contributed by atoms with Crippen molar-refractivity contribution < 1.29 is 14.3 Å². The first kappa shape index (κ1) is 19.0. The van der Waals surface area contributed by atoms with E-state index in [1.165, 1.54) is 0 Å². The van der Waals surface area contributed by atoms with Gasteiger partial charge in [-0.3, -0.25) is 4.79 Å². The third kappa shape index (κ3) is 6.38. The molecule has 0 spiro atoms. The minimum absolute atomic E-state index is 0.168. The molecule has 0 fully saturated rings. The van der Waals surface area contributed by atoms with Gasteiger partial charge in [0.2, 0.25) is 5.91 Å². The van der Waals surface area contributed by atoms with Crippen LogP contribution in [0.3, 0.4) is 0 Å². The standard InChI is InChI=1S/C15H21Cl2NO3Si/c1-22(2,3)7-6-21-15(20)14-11(16)8-10(9-12(14)17)4-5-13(18)19/h8-9H,4-7H2,1-3H3,(H2,18,19). The number of nitrogens with two attached hydrogens (primary N) is 1. The predicted molar refractivity (Wildman–Crippen MR) is 92.4 cm³/mol. The Balaban J connectivity index is 2.78. The van der Waals surface area contributed by atoms with Crippen LogP contribution in [-0.4, -0.2) is 26.6 Å². The van der Waals surface area contributed by atoms with Crippen LogP contribution in [0.4, 0.5) is 0 Å². The van der Waals surface area contributed by atoms with Crippen molar-refractivity contribution in [3.05, 3.63) is 33.3 Å². The van der Waals surface area contributed by atoms with Gasteiger partial charge in [0.15, 0.2) is 0 Å². The fourth-order valence-corrected chi connectivity index (χ4v) is 3.16. The number of hydrogen-bond donors (Lipinski definition) is 1. The number of carbonyl (C=O) groups is 2. The quantitative estimate of drug-likeness (QED) is 0.591. The van der Waals surface area contributed by atoms with Crippen molar-refractivity contribution in [2.45, 2.75) is 38.5 Å². The highest BCUT2D eigenvalue weighted by Crippen LogP contribution is 2.28. The molecule has 22 heavy (non-hydrogen) atoms. The molecule has 0 atom stereocenters. The number of primary amides is 1. The van der Waals surface area contributed by atoms with Crippen LogP contribution in [0.15, 0.2) is 12.1 Å². The molecule has 0 heterocycles. The second kappa shape index (κ2) is 7.99. The highest BCUT2D eigenvalue weighted by molar-refractivity contribution is 6.76. The van der Waals surface area contributed by atoms with E-state index in [0.29, 0.717) is 13.0 Å². The second-order valence-corrected chi connectivity index (χ2v) is 12.8. The first-order valence-electron chi connectivity index (χ1n) is 7.03. The van der Waals surface area contributed by atoms with Crippen LogP contribution in [0, 0.1) is 0 Å². The second-order valence-electron chi connectivity index (χ2n) is 6.35. The number of aryl methyl sites for hydroxylation is 1. The summed E-state index contributed by atoms with van der Waals surface area (Å²) in [5, 5.41) is 0.454. The summed E-state index contributed by atoms with van der Waals surface area (Å²) in [5.41, 5.74) is 6.03. The average molecular weight is 362 g/mol. The van der Waals surface area contributed by atoms with Gasteiger partial charge in [-0.05, 0) is 30.2 Å². The normalized spacial score (nSPS) is 11.3. The van der Waals surface area contributed by atoms with Gasteiger partial charge in [0.1, 0.15) is 0 Å². The Morgan fingerprint density at radius 1 is 1.18 bits per heavy atom. The van der Waals surface area contributed by atoms with Crippen molar-refractivity contribution in [3.8, 4) is 0 Å². The third-order valence-electron chi connectivity index (χ3n) is 3.05. The maximum Gasteiger partial charge on any atom is 0.341 e. The number of rotatable bonds is 7. The molecule has 0 aliphatic heterocycles. The SMILES string of the molecule is C[Si](C)(C)CCOC(=O)c1c(Cl)cc(CCC(N)=O)cc1Cl. The summed E-state index contributed by atoms with van der Waals surface area (Å²) in [5.74, 6) is -0.920. The first-order chi connectivity index (χ1) is 10.1. The molecule has 0 unspecified atom stereocenters. The average Bonchev–Trinajstić information content (AvgIpc) is 2.33. The summed E-state index contributed by atoms with van der Waals surface area (Å²) in [6.07, 6.45) is 0.631. The van der Waals surface area contributed by atoms with Crippen molar-refractivity contribution in [2.24, 2.45) is 5.73 Å². The van der Waals surface area contributed by atoms with Crippen LogP contribution in [0.5, 0.6) is 0 Å². The van der Waals surface area contributed by atoms with Crippen molar-refractivity contribution >= 4 is 43.2 Å². The van der Waals surface area contributed by atoms with Crippen LogP contribution in [-0.2, 0) is 16.0 Å². The molecule has 122 valence electrons. The zero-order valence-corrected chi connectivity index (χ0v) is 15.6. The van der Waals surface area contributed by atoms with Gasteiger partial charge in [-0.2, -0.15) is 0 Å².